The molecule has 0 aliphatic rings. The molecule has 0 fully saturated rings. The SMILES string of the molecule is COC(=O)c1ccc(C)c(NC(=O)c2cc(C)c(C)s2)c1. The number of amides is 1. The summed E-state index contributed by atoms with van der Waals surface area (Å²) in [6.07, 6.45) is 0. The number of ether oxygens (including phenoxy) is 1. The average molecular weight is 303 g/mol. The Kier molecular flexibility index (Phi) is 4.43. The number of carbonyl (C=O) groups excluding carboxylic acids is 2. The van der Waals surface area contributed by atoms with E-state index in [0.717, 1.165) is 16.0 Å². The fourth-order valence-electron chi connectivity index (χ4n) is 1.87. The van der Waals surface area contributed by atoms with Crippen LogP contribution in [0.3, 0.4) is 0 Å². The highest BCUT2D eigenvalue weighted by Crippen LogP contribution is 2.23. The van der Waals surface area contributed by atoms with Gasteiger partial charge in [-0.2, -0.15) is 0 Å². The summed E-state index contributed by atoms with van der Waals surface area (Å²) in [5, 5.41) is 2.85. The summed E-state index contributed by atoms with van der Waals surface area (Å²) in [6.45, 7) is 5.84. The monoisotopic (exact) mass is 303 g/mol. The van der Waals surface area contributed by atoms with E-state index < -0.39 is 5.97 Å². The molecule has 5 heteroatoms. The standard InChI is InChI=1S/C16H17NO3S/c1-9-5-6-12(16(19)20-4)8-13(9)17-15(18)14-7-10(2)11(3)21-14/h5-8H,1-4H3,(H,17,18). The summed E-state index contributed by atoms with van der Waals surface area (Å²) in [6, 6.07) is 6.96. The van der Waals surface area contributed by atoms with Crippen molar-refractivity contribution < 1.29 is 14.3 Å². The molecular weight excluding hydrogens is 286 g/mol. The summed E-state index contributed by atoms with van der Waals surface area (Å²) in [5.41, 5.74) is 3.02. The van der Waals surface area contributed by atoms with Crippen molar-refractivity contribution in [3.8, 4) is 0 Å². The zero-order chi connectivity index (χ0) is 15.6. The highest BCUT2D eigenvalue weighted by Gasteiger charge is 2.13. The molecule has 1 amide bonds. The Labute approximate surface area is 127 Å². The van der Waals surface area contributed by atoms with Crippen molar-refractivity contribution in [1.82, 2.24) is 0 Å². The number of rotatable bonds is 3. The molecule has 0 aliphatic heterocycles. The third-order valence-corrected chi connectivity index (χ3v) is 4.45. The normalized spacial score (nSPS) is 10.3. The van der Waals surface area contributed by atoms with Gasteiger partial charge >= 0.3 is 5.97 Å². The first-order chi connectivity index (χ1) is 9.92. The number of thiophene rings is 1. The van der Waals surface area contributed by atoms with E-state index in [0.29, 0.717) is 16.1 Å². The van der Waals surface area contributed by atoms with E-state index in [1.807, 2.05) is 26.8 Å². The highest BCUT2D eigenvalue weighted by molar-refractivity contribution is 7.14. The molecule has 21 heavy (non-hydrogen) atoms. The summed E-state index contributed by atoms with van der Waals surface area (Å²) in [5.74, 6) is -0.588. The van der Waals surface area contributed by atoms with Crippen LogP contribution in [0.1, 0.15) is 36.0 Å². The van der Waals surface area contributed by atoms with Crippen LogP contribution < -0.4 is 5.32 Å². The number of benzene rings is 1. The van der Waals surface area contributed by atoms with E-state index in [1.54, 1.807) is 18.2 Å². The molecule has 110 valence electrons. The maximum Gasteiger partial charge on any atom is 0.337 e. The molecule has 0 bridgehead atoms. The van der Waals surface area contributed by atoms with Gasteiger partial charge < -0.3 is 10.1 Å². The van der Waals surface area contributed by atoms with Crippen LogP contribution in [0.4, 0.5) is 5.69 Å². The van der Waals surface area contributed by atoms with Gasteiger partial charge in [0.25, 0.3) is 5.91 Å². The molecule has 1 aromatic carbocycles. The Balaban J connectivity index is 2.26. The summed E-state index contributed by atoms with van der Waals surface area (Å²) >= 11 is 1.46. The highest BCUT2D eigenvalue weighted by atomic mass is 32.1. The van der Waals surface area contributed by atoms with E-state index in [4.69, 9.17) is 4.74 Å². The minimum atomic E-state index is -0.423. The first-order valence-electron chi connectivity index (χ1n) is 6.49. The van der Waals surface area contributed by atoms with Crippen LogP contribution in [0.25, 0.3) is 0 Å². The average Bonchev–Trinajstić information content (AvgIpc) is 2.80. The van der Waals surface area contributed by atoms with Crippen molar-refractivity contribution in [3.05, 3.63) is 50.7 Å². The largest absolute Gasteiger partial charge is 0.465 e. The van der Waals surface area contributed by atoms with Crippen molar-refractivity contribution in [2.45, 2.75) is 20.8 Å². The minimum Gasteiger partial charge on any atom is -0.465 e. The number of hydrogen-bond acceptors (Lipinski definition) is 4. The summed E-state index contributed by atoms with van der Waals surface area (Å²) in [7, 11) is 1.33. The molecule has 1 aromatic heterocycles. The lowest BCUT2D eigenvalue weighted by Crippen LogP contribution is -2.12. The maximum atomic E-state index is 12.3. The van der Waals surface area contributed by atoms with Crippen LogP contribution in [0.15, 0.2) is 24.3 Å². The second-order valence-corrected chi connectivity index (χ2v) is 6.08. The molecule has 0 spiro atoms. The Morgan fingerprint density at radius 1 is 1.10 bits per heavy atom. The molecule has 4 nitrogen and oxygen atoms in total. The molecule has 0 aliphatic carbocycles. The lowest BCUT2D eigenvalue weighted by molar-refractivity contribution is 0.0600. The zero-order valence-corrected chi connectivity index (χ0v) is 13.3. The molecule has 0 saturated carbocycles. The second kappa shape index (κ2) is 6.10. The first kappa shape index (κ1) is 15.3. The zero-order valence-electron chi connectivity index (χ0n) is 12.4. The van der Waals surface area contributed by atoms with Gasteiger partial charge in [0.05, 0.1) is 17.6 Å². The van der Waals surface area contributed by atoms with Gasteiger partial charge in [0.1, 0.15) is 0 Å². The number of nitrogens with one attached hydrogen (secondary N) is 1. The molecule has 1 N–H and O–H groups in total. The van der Waals surface area contributed by atoms with Crippen LogP contribution in [-0.4, -0.2) is 19.0 Å². The van der Waals surface area contributed by atoms with E-state index >= 15 is 0 Å². The van der Waals surface area contributed by atoms with Gasteiger partial charge in [-0.25, -0.2) is 4.79 Å². The molecule has 0 unspecified atom stereocenters. The predicted molar refractivity (Wildman–Crippen MR) is 84.3 cm³/mol. The Bertz CT molecular complexity index is 684. The van der Waals surface area contributed by atoms with Gasteiger partial charge in [0, 0.05) is 10.6 Å². The van der Waals surface area contributed by atoms with Gasteiger partial charge in [-0.3, -0.25) is 4.79 Å². The van der Waals surface area contributed by atoms with Crippen LogP contribution in [0.2, 0.25) is 0 Å². The third kappa shape index (κ3) is 3.31. The molecule has 0 atom stereocenters. The predicted octanol–water partition coefficient (Wildman–Crippen LogP) is 3.71. The summed E-state index contributed by atoms with van der Waals surface area (Å²) in [4.78, 5) is 25.6. The number of anilines is 1. The Morgan fingerprint density at radius 2 is 1.81 bits per heavy atom. The minimum absolute atomic E-state index is 0.165. The molecule has 2 aromatic rings. The van der Waals surface area contributed by atoms with Crippen molar-refractivity contribution in [3.63, 3.8) is 0 Å². The Morgan fingerprint density at radius 3 is 2.38 bits per heavy atom. The molecule has 0 saturated heterocycles. The van der Waals surface area contributed by atoms with E-state index in [9.17, 15) is 9.59 Å². The van der Waals surface area contributed by atoms with Crippen LogP contribution in [-0.2, 0) is 4.74 Å². The van der Waals surface area contributed by atoms with E-state index in [1.165, 1.54) is 18.4 Å². The molecule has 0 radical (unpaired) electrons. The van der Waals surface area contributed by atoms with Crippen molar-refractivity contribution >= 4 is 28.9 Å². The fourth-order valence-corrected chi connectivity index (χ4v) is 2.80. The number of esters is 1. The third-order valence-electron chi connectivity index (χ3n) is 3.30. The molecular formula is C16H17NO3S. The number of hydrogen-bond donors (Lipinski definition) is 1. The topological polar surface area (TPSA) is 55.4 Å². The van der Waals surface area contributed by atoms with Gasteiger partial charge in [-0.15, -0.1) is 11.3 Å². The lowest BCUT2D eigenvalue weighted by atomic mass is 10.1. The molecule has 1 heterocycles. The quantitative estimate of drug-likeness (QED) is 0.879. The van der Waals surface area contributed by atoms with E-state index in [-0.39, 0.29) is 5.91 Å². The first-order valence-corrected chi connectivity index (χ1v) is 7.31. The van der Waals surface area contributed by atoms with Crippen LogP contribution in [0.5, 0.6) is 0 Å². The fraction of sp³-hybridized carbons (Fsp3) is 0.250. The molecule has 2 rings (SSSR count). The van der Waals surface area contributed by atoms with Gasteiger partial charge in [0.15, 0.2) is 0 Å². The lowest BCUT2D eigenvalue weighted by Gasteiger charge is -2.09. The van der Waals surface area contributed by atoms with Crippen LogP contribution in [0, 0.1) is 20.8 Å². The number of aryl methyl sites for hydroxylation is 3. The van der Waals surface area contributed by atoms with Crippen molar-refractivity contribution in [1.29, 1.82) is 0 Å². The van der Waals surface area contributed by atoms with Crippen molar-refractivity contribution in [2.75, 3.05) is 12.4 Å². The Hall–Kier alpha value is -2.14. The van der Waals surface area contributed by atoms with Gasteiger partial charge in [0.2, 0.25) is 0 Å². The maximum absolute atomic E-state index is 12.3. The van der Waals surface area contributed by atoms with Crippen LogP contribution >= 0.6 is 11.3 Å². The number of carbonyl (C=O) groups is 2. The smallest absolute Gasteiger partial charge is 0.337 e. The van der Waals surface area contributed by atoms with Crippen molar-refractivity contribution in [2.24, 2.45) is 0 Å². The van der Waals surface area contributed by atoms with E-state index in [2.05, 4.69) is 5.32 Å². The summed E-state index contributed by atoms with van der Waals surface area (Å²) < 4.78 is 4.69. The van der Waals surface area contributed by atoms with Gasteiger partial charge in [-0.1, -0.05) is 6.07 Å². The second-order valence-electron chi connectivity index (χ2n) is 4.83. The number of methoxy groups -OCH3 is 1. The van der Waals surface area contributed by atoms with Gasteiger partial charge in [-0.05, 0) is 50.1 Å².